The van der Waals surface area contributed by atoms with Crippen molar-refractivity contribution in [2.24, 2.45) is 5.92 Å². The number of anilines is 2. The molecule has 6 N–H and O–H groups in total. The first kappa shape index (κ1) is 82.4. The SMILES string of the molecule is CCCCN(C)Cc1cn[nH]c1-c1ccc(CC(=O)N(C)C(C)C)cc1.CCCCN(C)Cc1cn[nH]c1-c1ccc(CC(=O)NC(C)C)cc1.CCCCN(C)Cc1cn[nH]c1-c1ccc(N(C)C(=O)C(C)C)cc1.CCCCN(C)Cc1cn[nH]c1-c1ccc(NS(=O)(=O)CC)cc1. The van der Waals surface area contributed by atoms with Crippen LogP contribution in [0.2, 0.25) is 0 Å². The summed E-state index contributed by atoms with van der Waals surface area (Å²) in [5.41, 5.74) is 16.7. The molecule has 100 heavy (non-hydrogen) atoms. The Hall–Kier alpha value is -8.28. The molecule has 0 saturated carbocycles. The number of nitrogens with zero attached hydrogens (tertiary/aromatic N) is 10. The van der Waals surface area contributed by atoms with Gasteiger partial charge in [-0.2, -0.15) is 20.4 Å². The molecule has 0 aliphatic heterocycles. The molecule has 0 aliphatic rings. The van der Waals surface area contributed by atoms with E-state index in [0.717, 1.165) is 120 Å². The highest BCUT2D eigenvalue weighted by Crippen LogP contribution is 2.29. The fourth-order valence-electron chi connectivity index (χ4n) is 11.0. The minimum absolute atomic E-state index is 0.0115. The number of rotatable bonds is 35. The molecule has 21 nitrogen and oxygen atoms in total. The number of sulfonamides is 1. The molecule has 0 fully saturated rings. The number of nitrogens with one attached hydrogen (secondary N) is 6. The van der Waals surface area contributed by atoms with Crippen molar-refractivity contribution in [2.75, 3.05) is 83.8 Å². The number of carbonyl (C=O) groups is 3. The highest BCUT2D eigenvalue weighted by molar-refractivity contribution is 7.92. The first-order valence-corrected chi connectivity index (χ1v) is 37.5. The number of unbranched alkanes of at least 4 members (excludes halogenated alkanes) is 4. The van der Waals surface area contributed by atoms with Gasteiger partial charge in [-0.3, -0.25) is 39.5 Å². The van der Waals surface area contributed by atoms with Gasteiger partial charge in [-0.1, -0.05) is 140 Å². The second kappa shape index (κ2) is 42.7. The van der Waals surface area contributed by atoms with Crippen LogP contribution in [0.15, 0.2) is 122 Å². The Morgan fingerprint density at radius 2 is 0.770 bits per heavy atom. The lowest BCUT2D eigenvalue weighted by Gasteiger charge is -2.21. The molecule has 0 atom stereocenters. The van der Waals surface area contributed by atoms with Gasteiger partial charge < -0.3 is 34.7 Å². The van der Waals surface area contributed by atoms with Crippen molar-refractivity contribution in [2.45, 2.75) is 179 Å². The van der Waals surface area contributed by atoms with E-state index >= 15 is 0 Å². The third kappa shape index (κ3) is 27.7. The van der Waals surface area contributed by atoms with Crippen LogP contribution in [-0.2, 0) is 63.4 Å². The van der Waals surface area contributed by atoms with Crippen LogP contribution in [0.1, 0.15) is 161 Å². The number of aromatic nitrogens is 8. The third-order valence-electron chi connectivity index (χ3n) is 17.2. The zero-order chi connectivity index (χ0) is 73.3. The van der Waals surface area contributed by atoms with E-state index in [1.807, 2.05) is 141 Å². The van der Waals surface area contributed by atoms with Crippen molar-refractivity contribution in [1.82, 2.24) is 70.6 Å². The molecule has 546 valence electrons. The van der Waals surface area contributed by atoms with Gasteiger partial charge >= 0.3 is 0 Å². The Balaban J connectivity index is 0.000000240. The van der Waals surface area contributed by atoms with E-state index < -0.39 is 10.0 Å². The van der Waals surface area contributed by atoms with E-state index in [1.54, 1.807) is 28.9 Å². The Morgan fingerprint density at radius 1 is 0.450 bits per heavy atom. The lowest BCUT2D eigenvalue weighted by molar-refractivity contribution is -0.130. The Labute approximate surface area is 598 Å². The number of likely N-dealkylation sites (N-methyl/N-ethyl adjacent to an activating group) is 1. The lowest BCUT2D eigenvalue weighted by Crippen LogP contribution is -2.34. The van der Waals surface area contributed by atoms with Crippen molar-refractivity contribution in [1.29, 1.82) is 0 Å². The molecule has 0 saturated heterocycles. The van der Waals surface area contributed by atoms with Crippen molar-refractivity contribution in [3.63, 3.8) is 0 Å². The van der Waals surface area contributed by atoms with Gasteiger partial charge in [0.1, 0.15) is 0 Å². The van der Waals surface area contributed by atoms with Crippen LogP contribution in [0.4, 0.5) is 11.4 Å². The number of hydrogen-bond donors (Lipinski definition) is 6. The molecule has 4 aromatic carbocycles. The van der Waals surface area contributed by atoms with Crippen molar-refractivity contribution >= 4 is 39.1 Å². The predicted molar refractivity (Wildman–Crippen MR) is 411 cm³/mol. The zero-order valence-corrected chi connectivity index (χ0v) is 64.0. The van der Waals surface area contributed by atoms with E-state index in [1.165, 1.54) is 68.1 Å². The summed E-state index contributed by atoms with van der Waals surface area (Å²) in [6.45, 7) is 30.0. The summed E-state index contributed by atoms with van der Waals surface area (Å²) in [5, 5.41) is 32.2. The fourth-order valence-corrected chi connectivity index (χ4v) is 11.6. The van der Waals surface area contributed by atoms with Gasteiger partial charge in [-0.25, -0.2) is 8.42 Å². The predicted octanol–water partition coefficient (Wildman–Crippen LogP) is 14.1. The molecule has 8 aromatic rings. The van der Waals surface area contributed by atoms with E-state index in [0.29, 0.717) is 18.5 Å². The van der Waals surface area contributed by atoms with Crippen molar-refractivity contribution in [3.8, 4) is 45.0 Å². The summed E-state index contributed by atoms with van der Waals surface area (Å²) in [4.78, 5) is 49.0. The zero-order valence-electron chi connectivity index (χ0n) is 63.1. The molecular weight excluding hydrogens is 1270 g/mol. The normalized spacial score (nSPS) is 11.4. The van der Waals surface area contributed by atoms with Gasteiger partial charge in [0.05, 0.1) is 66.2 Å². The van der Waals surface area contributed by atoms with Crippen LogP contribution >= 0.6 is 0 Å². The number of carbonyl (C=O) groups excluding carboxylic acids is 3. The second-order valence-electron chi connectivity index (χ2n) is 27.2. The largest absolute Gasteiger partial charge is 0.354 e. The first-order valence-electron chi connectivity index (χ1n) is 35.9. The van der Waals surface area contributed by atoms with Crippen molar-refractivity contribution in [3.05, 3.63) is 155 Å². The molecule has 3 amide bonds. The Kier molecular flexibility index (Phi) is 35.2. The number of aromatic amines is 4. The molecule has 22 heteroatoms. The first-order chi connectivity index (χ1) is 47.8. The number of benzene rings is 4. The van der Waals surface area contributed by atoms with E-state index in [9.17, 15) is 22.8 Å². The molecule has 8 rings (SSSR count). The van der Waals surface area contributed by atoms with Crippen LogP contribution in [0.3, 0.4) is 0 Å². The molecular formula is C78H118N16O5S. The quantitative estimate of drug-likeness (QED) is 0.0217. The van der Waals surface area contributed by atoms with Crippen LogP contribution in [0.5, 0.6) is 0 Å². The monoisotopic (exact) mass is 1390 g/mol. The summed E-state index contributed by atoms with van der Waals surface area (Å²) < 4.78 is 25.8. The topological polar surface area (TPSA) is 244 Å². The van der Waals surface area contributed by atoms with Crippen LogP contribution < -0.4 is 14.9 Å². The molecule has 0 unspecified atom stereocenters. The van der Waals surface area contributed by atoms with E-state index in [4.69, 9.17) is 0 Å². The van der Waals surface area contributed by atoms with Gasteiger partial charge in [0.25, 0.3) is 0 Å². The standard InChI is InChI=1S/C21H32N4O.2C20H30N4O.C17H26N4O2S/c1-6-7-12-24(4)15-19-14-22-23-21(19)18-10-8-17(9-11-18)13-20(26)25(5)16(2)3;1-6-7-12-23(4)14-17-13-21-22-19(17)16-8-10-18(11-9-16)24(5)20(25)15(2)3;1-5-6-11-24(4)14-18-13-21-23-20(18)17-9-7-16(8-10-17)12-19(25)22-15(2)3;1-4-6-11-21(3)13-15-12-18-19-17(15)14-7-9-16(10-8-14)20-24(22,23)5-2/h8-11,14,16H,6-7,12-13,15H2,1-5H3,(H,22,23);8-11,13,15H,6-7,12,14H2,1-5H3,(H,21,22);7-10,13,15H,5-6,11-12,14H2,1-4H3,(H,21,23)(H,22,25);7-10,12,20H,4-6,11,13H2,1-3H3,(H,18,19). The van der Waals surface area contributed by atoms with Gasteiger partial charge in [-0.15, -0.1) is 0 Å². The fraction of sp³-hybridized carbons (Fsp3) is 0.500. The molecule has 0 spiro atoms. The molecule has 0 radical (unpaired) electrons. The minimum Gasteiger partial charge on any atom is -0.354 e. The maximum absolute atomic E-state index is 12.2. The second-order valence-corrected chi connectivity index (χ2v) is 29.2. The minimum atomic E-state index is -3.25. The maximum Gasteiger partial charge on any atom is 0.232 e. The smallest absolute Gasteiger partial charge is 0.232 e. The number of H-pyrrole nitrogens is 4. The highest BCUT2D eigenvalue weighted by Gasteiger charge is 2.19. The van der Waals surface area contributed by atoms with Gasteiger partial charge in [-0.05, 0) is 161 Å². The van der Waals surface area contributed by atoms with Gasteiger partial charge in [0, 0.05) is 103 Å². The Morgan fingerprint density at radius 3 is 1.07 bits per heavy atom. The summed E-state index contributed by atoms with van der Waals surface area (Å²) in [6, 6.07) is 32.1. The highest BCUT2D eigenvalue weighted by atomic mass is 32.2. The molecule has 0 bridgehead atoms. The van der Waals surface area contributed by atoms with E-state index in [2.05, 4.69) is 151 Å². The average Bonchev–Trinajstić information content (AvgIpc) is 1.65. The number of hydrogen-bond acceptors (Lipinski definition) is 13. The Bertz CT molecular complexity index is 3740. The van der Waals surface area contributed by atoms with Gasteiger partial charge in [0.2, 0.25) is 27.7 Å². The van der Waals surface area contributed by atoms with Crippen LogP contribution in [-0.4, -0.2) is 178 Å². The van der Waals surface area contributed by atoms with Gasteiger partial charge in [0.15, 0.2) is 0 Å². The van der Waals surface area contributed by atoms with Crippen LogP contribution in [0, 0.1) is 5.92 Å². The summed E-state index contributed by atoms with van der Waals surface area (Å²) in [5.74, 6) is 0.369. The van der Waals surface area contributed by atoms with Crippen molar-refractivity contribution < 1.29 is 22.8 Å². The average molecular weight is 1390 g/mol. The summed E-state index contributed by atoms with van der Waals surface area (Å²) in [6.07, 6.45) is 18.0. The van der Waals surface area contributed by atoms with Crippen LogP contribution in [0.25, 0.3) is 45.0 Å². The lowest BCUT2D eigenvalue weighted by atomic mass is 10.0. The molecule has 0 aliphatic carbocycles. The number of amides is 3. The molecule has 4 aromatic heterocycles. The molecule has 4 heterocycles. The maximum atomic E-state index is 12.2. The third-order valence-corrected chi connectivity index (χ3v) is 18.5. The summed E-state index contributed by atoms with van der Waals surface area (Å²) >= 11 is 0. The van der Waals surface area contributed by atoms with E-state index in [-0.39, 0.29) is 41.5 Å². The summed E-state index contributed by atoms with van der Waals surface area (Å²) in [7, 11) is 8.96.